The molecule has 1 aromatic heterocycles. The lowest BCUT2D eigenvalue weighted by Crippen LogP contribution is -2.00. The summed E-state index contributed by atoms with van der Waals surface area (Å²) in [5.74, 6) is 0. The average molecular weight is 212 g/mol. The number of carbonyl (C=O) groups excluding carboxylic acids is 1. The fraction of sp³-hybridized carbons (Fsp3) is 0.545. The highest BCUT2D eigenvalue weighted by Crippen LogP contribution is 2.14. The zero-order valence-corrected chi connectivity index (χ0v) is 9.31. The summed E-state index contributed by atoms with van der Waals surface area (Å²) in [7, 11) is 0. The predicted octanol–water partition coefficient (Wildman–Crippen LogP) is 2.92. The van der Waals surface area contributed by atoms with E-state index in [0.29, 0.717) is 0 Å². The van der Waals surface area contributed by atoms with E-state index in [4.69, 9.17) is 4.74 Å². The minimum absolute atomic E-state index is 0.720. The van der Waals surface area contributed by atoms with Gasteiger partial charge in [0.25, 0.3) is 0 Å². The molecule has 0 unspecified atom stereocenters. The molecule has 2 nitrogen and oxygen atoms in total. The monoisotopic (exact) mass is 212 g/mol. The van der Waals surface area contributed by atoms with Crippen LogP contribution in [0.5, 0.6) is 0 Å². The van der Waals surface area contributed by atoms with Crippen LogP contribution in [0.3, 0.4) is 0 Å². The second kappa shape index (κ2) is 6.74. The first-order chi connectivity index (χ1) is 6.88. The summed E-state index contributed by atoms with van der Waals surface area (Å²) in [4.78, 5) is 11.4. The first-order valence-electron chi connectivity index (χ1n) is 4.97. The Bertz CT molecular complexity index is 268. The van der Waals surface area contributed by atoms with E-state index in [2.05, 4.69) is 6.92 Å². The number of hydrogen-bond acceptors (Lipinski definition) is 3. The highest BCUT2D eigenvalue weighted by atomic mass is 32.1. The molecule has 0 bridgehead atoms. The van der Waals surface area contributed by atoms with Gasteiger partial charge in [0.2, 0.25) is 0 Å². The Hall–Kier alpha value is -0.670. The lowest BCUT2D eigenvalue weighted by atomic mass is 10.2. The molecule has 0 N–H and O–H groups in total. The van der Waals surface area contributed by atoms with Crippen molar-refractivity contribution in [3.63, 3.8) is 0 Å². The molecule has 0 fully saturated rings. The Morgan fingerprint density at radius 3 is 3.07 bits per heavy atom. The molecular formula is C11H16O2S. The van der Waals surface area contributed by atoms with Gasteiger partial charge in [-0.15, -0.1) is 11.3 Å². The quantitative estimate of drug-likeness (QED) is 0.513. The second-order valence-electron chi connectivity index (χ2n) is 3.14. The number of carbonyl (C=O) groups is 1. The van der Waals surface area contributed by atoms with Crippen molar-refractivity contribution in [2.24, 2.45) is 0 Å². The number of unbranched alkanes of at least 4 members (excludes halogenated alkanes) is 1. The number of thiophene rings is 1. The third kappa shape index (κ3) is 3.60. The molecule has 0 aliphatic heterocycles. The summed E-state index contributed by atoms with van der Waals surface area (Å²) >= 11 is 1.49. The van der Waals surface area contributed by atoms with E-state index in [1.165, 1.54) is 11.3 Å². The Labute approximate surface area is 88.9 Å². The molecule has 0 amide bonds. The molecule has 0 saturated heterocycles. The number of ether oxygens (including phenoxy) is 1. The molecule has 0 radical (unpaired) electrons. The SMILES string of the molecule is CCCCOCCc1ccsc1C=O. The summed E-state index contributed by atoms with van der Waals surface area (Å²) in [5, 5.41) is 1.95. The van der Waals surface area contributed by atoms with Gasteiger partial charge < -0.3 is 4.74 Å². The van der Waals surface area contributed by atoms with Gasteiger partial charge in [0.1, 0.15) is 0 Å². The summed E-state index contributed by atoms with van der Waals surface area (Å²) in [6.45, 7) is 3.70. The molecule has 14 heavy (non-hydrogen) atoms. The van der Waals surface area contributed by atoms with Gasteiger partial charge in [-0.1, -0.05) is 13.3 Å². The number of rotatable bonds is 7. The van der Waals surface area contributed by atoms with Crippen LogP contribution in [0.25, 0.3) is 0 Å². The Kier molecular flexibility index (Phi) is 5.49. The Morgan fingerprint density at radius 1 is 1.50 bits per heavy atom. The molecule has 0 atom stereocenters. The van der Waals surface area contributed by atoms with E-state index < -0.39 is 0 Å². The average Bonchev–Trinajstić information content (AvgIpc) is 2.65. The van der Waals surface area contributed by atoms with Crippen molar-refractivity contribution in [3.8, 4) is 0 Å². The third-order valence-electron chi connectivity index (χ3n) is 2.05. The van der Waals surface area contributed by atoms with E-state index >= 15 is 0 Å². The molecule has 0 spiro atoms. The van der Waals surface area contributed by atoms with Gasteiger partial charge in [-0.3, -0.25) is 4.79 Å². The van der Waals surface area contributed by atoms with Gasteiger partial charge in [0, 0.05) is 6.61 Å². The van der Waals surface area contributed by atoms with Crippen LogP contribution in [-0.4, -0.2) is 19.5 Å². The Morgan fingerprint density at radius 2 is 2.36 bits per heavy atom. The summed E-state index contributed by atoms with van der Waals surface area (Å²) in [6.07, 6.45) is 4.05. The molecule has 0 aliphatic rings. The van der Waals surface area contributed by atoms with E-state index in [1.807, 2.05) is 11.4 Å². The maximum atomic E-state index is 10.6. The van der Waals surface area contributed by atoms with Gasteiger partial charge in [0.15, 0.2) is 6.29 Å². The molecule has 1 aromatic rings. The van der Waals surface area contributed by atoms with E-state index in [0.717, 1.165) is 49.2 Å². The minimum Gasteiger partial charge on any atom is -0.381 e. The molecule has 1 rings (SSSR count). The van der Waals surface area contributed by atoms with Crippen molar-refractivity contribution in [2.45, 2.75) is 26.2 Å². The standard InChI is InChI=1S/C11H16O2S/c1-2-3-6-13-7-4-10-5-8-14-11(10)9-12/h5,8-9H,2-4,6-7H2,1H3. The minimum atomic E-state index is 0.720. The zero-order chi connectivity index (χ0) is 10.2. The van der Waals surface area contributed by atoms with Gasteiger partial charge >= 0.3 is 0 Å². The maximum Gasteiger partial charge on any atom is 0.160 e. The van der Waals surface area contributed by atoms with Gasteiger partial charge in [-0.2, -0.15) is 0 Å². The summed E-state index contributed by atoms with van der Waals surface area (Å²) in [5.41, 5.74) is 1.11. The van der Waals surface area contributed by atoms with Crippen LogP contribution in [0.15, 0.2) is 11.4 Å². The van der Waals surface area contributed by atoms with E-state index in [9.17, 15) is 4.79 Å². The lowest BCUT2D eigenvalue weighted by Gasteiger charge is -2.02. The second-order valence-corrected chi connectivity index (χ2v) is 4.09. The fourth-order valence-corrected chi connectivity index (χ4v) is 1.94. The number of aldehydes is 1. The van der Waals surface area contributed by atoms with E-state index in [-0.39, 0.29) is 0 Å². The van der Waals surface area contributed by atoms with E-state index in [1.54, 1.807) is 0 Å². The number of hydrogen-bond donors (Lipinski definition) is 0. The van der Waals surface area contributed by atoms with Crippen molar-refractivity contribution in [1.29, 1.82) is 0 Å². The normalized spacial score (nSPS) is 10.4. The van der Waals surface area contributed by atoms with Crippen LogP contribution in [-0.2, 0) is 11.2 Å². The van der Waals surface area contributed by atoms with Crippen LogP contribution >= 0.6 is 11.3 Å². The predicted molar refractivity (Wildman–Crippen MR) is 59.1 cm³/mol. The topological polar surface area (TPSA) is 26.3 Å². The first kappa shape index (κ1) is 11.4. The molecule has 0 saturated carbocycles. The largest absolute Gasteiger partial charge is 0.381 e. The van der Waals surface area contributed by atoms with Gasteiger partial charge in [-0.25, -0.2) is 0 Å². The van der Waals surface area contributed by atoms with Crippen molar-refractivity contribution < 1.29 is 9.53 Å². The molecule has 1 heterocycles. The fourth-order valence-electron chi connectivity index (χ4n) is 1.19. The highest BCUT2D eigenvalue weighted by molar-refractivity contribution is 7.11. The lowest BCUT2D eigenvalue weighted by molar-refractivity contribution is 0.112. The van der Waals surface area contributed by atoms with Crippen LogP contribution < -0.4 is 0 Å². The van der Waals surface area contributed by atoms with Crippen molar-refractivity contribution in [2.75, 3.05) is 13.2 Å². The Balaban J connectivity index is 2.21. The van der Waals surface area contributed by atoms with Crippen LogP contribution in [0.2, 0.25) is 0 Å². The molecule has 78 valence electrons. The molecule has 3 heteroatoms. The maximum absolute atomic E-state index is 10.6. The summed E-state index contributed by atoms with van der Waals surface area (Å²) < 4.78 is 5.44. The van der Waals surface area contributed by atoms with Crippen molar-refractivity contribution >= 4 is 17.6 Å². The summed E-state index contributed by atoms with van der Waals surface area (Å²) in [6, 6.07) is 2.00. The van der Waals surface area contributed by atoms with Crippen LogP contribution in [0.4, 0.5) is 0 Å². The smallest absolute Gasteiger partial charge is 0.160 e. The van der Waals surface area contributed by atoms with Gasteiger partial charge in [-0.05, 0) is 29.9 Å². The highest BCUT2D eigenvalue weighted by Gasteiger charge is 2.02. The third-order valence-corrected chi connectivity index (χ3v) is 2.93. The first-order valence-corrected chi connectivity index (χ1v) is 5.85. The van der Waals surface area contributed by atoms with Crippen molar-refractivity contribution in [1.82, 2.24) is 0 Å². The molecular weight excluding hydrogens is 196 g/mol. The molecule has 0 aromatic carbocycles. The van der Waals surface area contributed by atoms with Crippen molar-refractivity contribution in [3.05, 3.63) is 21.9 Å². The zero-order valence-electron chi connectivity index (χ0n) is 8.49. The van der Waals surface area contributed by atoms with Gasteiger partial charge in [0.05, 0.1) is 11.5 Å². The molecule has 0 aliphatic carbocycles. The van der Waals surface area contributed by atoms with Crippen LogP contribution in [0.1, 0.15) is 35.0 Å². The van der Waals surface area contributed by atoms with Crippen LogP contribution in [0, 0.1) is 0 Å².